The van der Waals surface area contributed by atoms with Crippen LogP contribution in [0.15, 0.2) is 54.6 Å². The quantitative estimate of drug-likeness (QED) is 0.617. The molecule has 0 bridgehead atoms. The number of amides is 1. The van der Waals surface area contributed by atoms with Gasteiger partial charge in [0.05, 0.1) is 4.58 Å². The number of rotatable bonds is 8. The van der Waals surface area contributed by atoms with Gasteiger partial charge in [0.1, 0.15) is 0 Å². The molecule has 2 aromatic carbocycles. The highest BCUT2D eigenvalue weighted by Crippen LogP contribution is 2.43. The Balaban J connectivity index is 1.43. The van der Waals surface area contributed by atoms with E-state index in [2.05, 4.69) is 53.5 Å². The van der Waals surface area contributed by atoms with Crippen LogP contribution in [-0.4, -0.2) is 37.0 Å². The summed E-state index contributed by atoms with van der Waals surface area (Å²) in [4.78, 5) is 14.7. The minimum atomic E-state index is 0.0215. The molecule has 27 heavy (non-hydrogen) atoms. The van der Waals surface area contributed by atoms with E-state index < -0.39 is 0 Å². The third-order valence-corrected chi connectivity index (χ3v) is 7.68. The lowest BCUT2D eigenvalue weighted by Gasteiger charge is -2.23. The molecule has 1 saturated heterocycles. The second-order valence-corrected chi connectivity index (χ2v) is 9.30. The monoisotopic (exact) mass is 400 g/mol. The summed E-state index contributed by atoms with van der Waals surface area (Å²) < 4.78 is 0.522. The summed E-state index contributed by atoms with van der Waals surface area (Å²) in [5, 5.41) is 3.05. The van der Waals surface area contributed by atoms with E-state index in [0.29, 0.717) is 11.1 Å². The lowest BCUT2D eigenvalue weighted by Crippen LogP contribution is -2.29. The maximum Gasteiger partial charge on any atom is 0.251 e. The van der Waals surface area contributed by atoms with Crippen molar-refractivity contribution < 1.29 is 4.79 Å². The number of hydrogen-bond acceptors (Lipinski definition) is 4. The average Bonchev–Trinajstić information content (AvgIpc) is 2.75. The minimum absolute atomic E-state index is 0.0215. The van der Waals surface area contributed by atoms with Crippen molar-refractivity contribution in [1.82, 2.24) is 5.32 Å². The molecular weight excluding hydrogens is 372 g/mol. The first-order chi connectivity index (χ1) is 13.3. The van der Waals surface area contributed by atoms with Crippen LogP contribution in [0, 0.1) is 0 Å². The normalized spacial score (nSPS) is 14.7. The van der Waals surface area contributed by atoms with E-state index in [0.717, 1.165) is 25.1 Å². The van der Waals surface area contributed by atoms with Gasteiger partial charge in [-0.05, 0) is 61.1 Å². The SMILES string of the molecule is CCN(CCCNC(=O)c1ccc(C2SCCCS2)cc1)c1ccccc1. The topological polar surface area (TPSA) is 32.3 Å². The molecule has 0 aliphatic carbocycles. The predicted octanol–water partition coefficient (Wildman–Crippen LogP) is 5.20. The lowest BCUT2D eigenvalue weighted by molar-refractivity contribution is 0.0953. The van der Waals surface area contributed by atoms with E-state index in [1.54, 1.807) is 0 Å². The molecule has 0 aromatic heterocycles. The fraction of sp³-hybridized carbons (Fsp3) is 0.409. The number of carbonyl (C=O) groups excluding carboxylic acids is 1. The second-order valence-electron chi connectivity index (χ2n) is 6.57. The minimum Gasteiger partial charge on any atom is -0.372 e. The summed E-state index contributed by atoms with van der Waals surface area (Å²) in [5.74, 6) is 2.49. The van der Waals surface area contributed by atoms with Crippen LogP contribution in [0.4, 0.5) is 5.69 Å². The number of benzene rings is 2. The molecule has 1 aliphatic rings. The third-order valence-electron chi connectivity index (χ3n) is 4.67. The summed E-state index contributed by atoms with van der Waals surface area (Å²) in [6.45, 7) is 4.76. The Kier molecular flexibility index (Phi) is 7.96. The van der Waals surface area contributed by atoms with Gasteiger partial charge in [-0.3, -0.25) is 4.79 Å². The maximum absolute atomic E-state index is 12.4. The van der Waals surface area contributed by atoms with Crippen molar-refractivity contribution in [3.63, 3.8) is 0 Å². The average molecular weight is 401 g/mol. The molecule has 0 atom stereocenters. The maximum atomic E-state index is 12.4. The van der Waals surface area contributed by atoms with Gasteiger partial charge < -0.3 is 10.2 Å². The Hall–Kier alpha value is -1.59. The molecule has 5 heteroatoms. The molecule has 0 saturated carbocycles. The van der Waals surface area contributed by atoms with Crippen LogP contribution < -0.4 is 10.2 Å². The van der Waals surface area contributed by atoms with Crippen molar-refractivity contribution in [3.05, 3.63) is 65.7 Å². The van der Waals surface area contributed by atoms with Gasteiger partial charge in [0.2, 0.25) is 0 Å². The number of thioether (sulfide) groups is 2. The summed E-state index contributed by atoms with van der Waals surface area (Å²) in [7, 11) is 0. The first kappa shape index (κ1) is 20.2. The van der Waals surface area contributed by atoms with Crippen LogP contribution in [0.3, 0.4) is 0 Å². The van der Waals surface area contributed by atoms with Crippen LogP contribution in [0.5, 0.6) is 0 Å². The van der Waals surface area contributed by atoms with E-state index in [4.69, 9.17) is 0 Å². The number of para-hydroxylation sites is 1. The molecule has 3 nitrogen and oxygen atoms in total. The highest BCUT2D eigenvalue weighted by molar-refractivity contribution is 8.16. The summed E-state index contributed by atoms with van der Waals surface area (Å²) >= 11 is 4.02. The van der Waals surface area contributed by atoms with Crippen molar-refractivity contribution in [1.29, 1.82) is 0 Å². The zero-order valence-electron chi connectivity index (χ0n) is 15.9. The number of nitrogens with zero attached hydrogens (tertiary/aromatic N) is 1. The van der Waals surface area contributed by atoms with Gasteiger partial charge >= 0.3 is 0 Å². The Morgan fingerprint density at radius 1 is 1.07 bits per heavy atom. The Morgan fingerprint density at radius 3 is 2.44 bits per heavy atom. The van der Waals surface area contributed by atoms with Gasteiger partial charge in [-0.1, -0.05) is 30.3 Å². The van der Waals surface area contributed by atoms with Crippen molar-refractivity contribution in [2.75, 3.05) is 36.0 Å². The van der Waals surface area contributed by atoms with E-state index >= 15 is 0 Å². The van der Waals surface area contributed by atoms with Gasteiger partial charge in [-0.2, -0.15) is 0 Å². The molecule has 0 unspecified atom stereocenters. The molecule has 0 spiro atoms. The van der Waals surface area contributed by atoms with Crippen molar-refractivity contribution in [3.8, 4) is 0 Å². The first-order valence-electron chi connectivity index (χ1n) is 9.69. The Bertz CT molecular complexity index is 700. The molecule has 0 radical (unpaired) electrons. The van der Waals surface area contributed by atoms with Gasteiger partial charge in [-0.15, -0.1) is 23.5 Å². The Labute approximate surface area is 171 Å². The van der Waals surface area contributed by atoms with Crippen molar-refractivity contribution >= 4 is 35.1 Å². The first-order valence-corrected chi connectivity index (χ1v) is 11.8. The third kappa shape index (κ3) is 5.94. The van der Waals surface area contributed by atoms with Crippen molar-refractivity contribution in [2.24, 2.45) is 0 Å². The fourth-order valence-electron chi connectivity index (χ4n) is 3.15. The lowest BCUT2D eigenvalue weighted by atomic mass is 10.1. The predicted molar refractivity (Wildman–Crippen MR) is 120 cm³/mol. The Morgan fingerprint density at radius 2 is 1.78 bits per heavy atom. The number of hydrogen-bond donors (Lipinski definition) is 1. The smallest absolute Gasteiger partial charge is 0.251 e. The number of carbonyl (C=O) groups is 1. The molecule has 144 valence electrons. The molecular formula is C22H28N2OS2. The van der Waals surface area contributed by atoms with E-state index in [1.165, 1.54) is 29.2 Å². The van der Waals surface area contributed by atoms with Crippen LogP contribution in [0.2, 0.25) is 0 Å². The second kappa shape index (κ2) is 10.7. The highest BCUT2D eigenvalue weighted by atomic mass is 32.2. The zero-order chi connectivity index (χ0) is 18.9. The van der Waals surface area contributed by atoms with Gasteiger partial charge in [0, 0.05) is 30.9 Å². The van der Waals surface area contributed by atoms with E-state index in [9.17, 15) is 4.79 Å². The van der Waals surface area contributed by atoms with Crippen LogP contribution in [0.1, 0.15) is 40.3 Å². The fourth-order valence-corrected chi connectivity index (χ4v) is 6.05. The highest BCUT2D eigenvalue weighted by Gasteiger charge is 2.16. The standard InChI is InChI=1S/C22H28N2OS2/c1-2-24(20-8-4-3-5-9-20)15-6-14-23-21(25)18-10-12-19(13-11-18)22-26-16-7-17-27-22/h3-5,8-13,22H,2,6-7,14-17H2,1H3,(H,23,25). The largest absolute Gasteiger partial charge is 0.372 e. The van der Waals surface area contributed by atoms with Gasteiger partial charge in [0.25, 0.3) is 5.91 Å². The molecule has 2 aromatic rings. The van der Waals surface area contributed by atoms with Crippen molar-refractivity contribution in [2.45, 2.75) is 24.3 Å². The summed E-state index contributed by atoms with van der Waals surface area (Å²) in [6.07, 6.45) is 2.23. The van der Waals surface area contributed by atoms with Gasteiger partial charge in [0.15, 0.2) is 0 Å². The molecule has 1 amide bonds. The molecule has 3 rings (SSSR count). The summed E-state index contributed by atoms with van der Waals surface area (Å²) in [6, 6.07) is 18.6. The number of anilines is 1. The number of nitrogens with one attached hydrogen (secondary N) is 1. The molecule has 1 aliphatic heterocycles. The molecule has 1 N–H and O–H groups in total. The molecule has 1 fully saturated rings. The van der Waals surface area contributed by atoms with Crippen LogP contribution >= 0.6 is 23.5 Å². The van der Waals surface area contributed by atoms with Crippen LogP contribution in [0.25, 0.3) is 0 Å². The summed E-state index contributed by atoms with van der Waals surface area (Å²) in [5.41, 5.74) is 3.31. The van der Waals surface area contributed by atoms with Gasteiger partial charge in [-0.25, -0.2) is 0 Å². The zero-order valence-corrected chi connectivity index (χ0v) is 17.5. The van der Waals surface area contributed by atoms with Crippen LogP contribution in [-0.2, 0) is 0 Å². The molecule has 1 heterocycles. The van der Waals surface area contributed by atoms with E-state index in [-0.39, 0.29) is 5.91 Å². The van der Waals surface area contributed by atoms with E-state index in [1.807, 2.05) is 41.7 Å².